The summed E-state index contributed by atoms with van der Waals surface area (Å²) in [7, 11) is 2.03. The zero-order chi connectivity index (χ0) is 18.1. The van der Waals surface area contributed by atoms with Gasteiger partial charge in [0.25, 0.3) is 0 Å². The van der Waals surface area contributed by atoms with Crippen LogP contribution in [0.3, 0.4) is 0 Å². The predicted molar refractivity (Wildman–Crippen MR) is 103 cm³/mol. The van der Waals surface area contributed by atoms with Crippen LogP contribution in [0.5, 0.6) is 0 Å². The molecule has 2 aromatic heterocycles. The Morgan fingerprint density at radius 3 is 2.40 bits per heavy atom. The van der Waals surface area contributed by atoms with Crippen LogP contribution >= 0.6 is 0 Å². The Labute approximate surface area is 149 Å². The molecular formula is C20H26N4O. The fraction of sp³-hybridized carbons (Fsp3) is 0.400. The molecular weight excluding hydrogens is 312 g/mol. The number of fused-ring (bicyclic) bond motifs is 1. The monoisotopic (exact) mass is 338 g/mol. The first kappa shape index (κ1) is 17.4. The van der Waals surface area contributed by atoms with Crippen molar-refractivity contribution in [3.63, 3.8) is 0 Å². The Balaban J connectivity index is 2.27. The minimum absolute atomic E-state index is 0.104. The van der Waals surface area contributed by atoms with Gasteiger partial charge >= 0.3 is 0 Å². The van der Waals surface area contributed by atoms with E-state index in [9.17, 15) is 5.11 Å². The molecule has 0 aliphatic rings. The summed E-state index contributed by atoms with van der Waals surface area (Å²) >= 11 is 0. The molecule has 0 amide bonds. The summed E-state index contributed by atoms with van der Waals surface area (Å²) in [5.74, 6) is 0.873. The standard InChI is InChI=1S/C20H26N4O/c1-6-24(7-8-25)20-19-18(21-12-22-20)16(11-23(19)5)17-14(3)9-13(2)10-15(17)4/h9-12,25H,6-8H2,1-5H3. The van der Waals surface area contributed by atoms with Crippen LogP contribution in [0.25, 0.3) is 22.2 Å². The van der Waals surface area contributed by atoms with Crippen LogP contribution in [0, 0.1) is 20.8 Å². The quantitative estimate of drug-likeness (QED) is 0.775. The van der Waals surface area contributed by atoms with Gasteiger partial charge in [-0.2, -0.15) is 0 Å². The third kappa shape index (κ3) is 3.00. The number of nitrogens with zero attached hydrogens (tertiary/aromatic N) is 4. The number of aliphatic hydroxyl groups is 1. The van der Waals surface area contributed by atoms with Crippen LogP contribution < -0.4 is 4.90 Å². The highest BCUT2D eigenvalue weighted by molar-refractivity contribution is 5.99. The fourth-order valence-corrected chi connectivity index (χ4v) is 3.76. The van der Waals surface area contributed by atoms with Crippen LogP contribution in [-0.2, 0) is 7.05 Å². The number of rotatable bonds is 5. The molecule has 3 rings (SSSR count). The van der Waals surface area contributed by atoms with E-state index in [2.05, 4.69) is 65.5 Å². The number of hydrogen-bond donors (Lipinski definition) is 1. The lowest BCUT2D eigenvalue weighted by Crippen LogP contribution is -2.27. The summed E-state index contributed by atoms with van der Waals surface area (Å²) in [6, 6.07) is 4.43. The number of likely N-dealkylation sites (N-methyl/N-ethyl adjacent to an activating group) is 1. The van der Waals surface area contributed by atoms with Gasteiger partial charge in [-0.3, -0.25) is 0 Å². The van der Waals surface area contributed by atoms with Crippen molar-refractivity contribution in [2.24, 2.45) is 7.05 Å². The van der Waals surface area contributed by atoms with Gasteiger partial charge in [-0.15, -0.1) is 0 Å². The van der Waals surface area contributed by atoms with E-state index in [1.165, 1.54) is 22.3 Å². The zero-order valence-corrected chi connectivity index (χ0v) is 15.7. The number of hydrogen-bond acceptors (Lipinski definition) is 4. The van der Waals surface area contributed by atoms with E-state index in [1.54, 1.807) is 6.33 Å². The molecule has 0 aliphatic heterocycles. The lowest BCUT2D eigenvalue weighted by molar-refractivity contribution is 0.302. The first-order valence-electron chi connectivity index (χ1n) is 8.72. The normalized spacial score (nSPS) is 11.3. The first-order valence-corrected chi connectivity index (χ1v) is 8.72. The maximum absolute atomic E-state index is 9.36. The maximum atomic E-state index is 9.36. The molecule has 25 heavy (non-hydrogen) atoms. The minimum Gasteiger partial charge on any atom is -0.395 e. The largest absolute Gasteiger partial charge is 0.395 e. The smallest absolute Gasteiger partial charge is 0.156 e. The van der Waals surface area contributed by atoms with Crippen molar-refractivity contribution < 1.29 is 5.11 Å². The van der Waals surface area contributed by atoms with Gasteiger partial charge in [0, 0.05) is 31.9 Å². The SMILES string of the molecule is CCN(CCO)c1ncnc2c(-c3c(C)cc(C)cc3C)cn(C)c12. The van der Waals surface area contributed by atoms with Gasteiger partial charge in [0.15, 0.2) is 5.82 Å². The molecule has 0 fully saturated rings. The molecule has 0 unspecified atom stereocenters. The van der Waals surface area contributed by atoms with Crippen LogP contribution in [0.1, 0.15) is 23.6 Å². The lowest BCUT2D eigenvalue weighted by atomic mass is 9.95. The second-order valence-corrected chi connectivity index (χ2v) is 6.63. The van der Waals surface area contributed by atoms with E-state index >= 15 is 0 Å². The van der Waals surface area contributed by atoms with Gasteiger partial charge in [0.1, 0.15) is 17.4 Å². The molecule has 0 aliphatic carbocycles. The average Bonchev–Trinajstić information content (AvgIpc) is 2.89. The molecule has 1 aromatic carbocycles. The Kier molecular flexibility index (Phi) is 4.77. The predicted octanol–water partition coefficient (Wildman–Crippen LogP) is 3.38. The minimum atomic E-state index is 0.104. The summed E-state index contributed by atoms with van der Waals surface area (Å²) < 4.78 is 2.10. The summed E-state index contributed by atoms with van der Waals surface area (Å²) in [5.41, 5.74) is 8.13. The second kappa shape index (κ2) is 6.84. The molecule has 0 radical (unpaired) electrons. The van der Waals surface area contributed by atoms with Gasteiger partial charge in [-0.1, -0.05) is 17.7 Å². The Morgan fingerprint density at radius 1 is 1.12 bits per heavy atom. The third-order valence-electron chi connectivity index (χ3n) is 4.73. The van der Waals surface area contributed by atoms with E-state index in [4.69, 9.17) is 0 Å². The molecule has 5 nitrogen and oxygen atoms in total. The Bertz CT molecular complexity index is 890. The number of anilines is 1. The van der Waals surface area contributed by atoms with E-state index in [-0.39, 0.29) is 6.61 Å². The molecule has 0 saturated carbocycles. The highest BCUT2D eigenvalue weighted by Crippen LogP contribution is 2.36. The maximum Gasteiger partial charge on any atom is 0.156 e. The Morgan fingerprint density at radius 2 is 1.80 bits per heavy atom. The molecule has 3 aromatic rings. The van der Waals surface area contributed by atoms with E-state index in [0.29, 0.717) is 6.54 Å². The van der Waals surface area contributed by atoms with Gasteiger partial charge in [-0.05, 0) is 44.4 Å². The van der Waals surface area contributed by atoms with Gasteiger partial charge < -0.3 is 14.6 Å². The number of aliphatic hydroxyl groups excluding tert-OH is 1. The van der Waals surface area contributed by atoms with Crippen molar-refractivity contribution >= 4 is 16.9 Å². The average molecular weight is 338 g/mol. The highest BCUT2D eigenvalue weighted by Gasteiger charge is 2.19. The summed E-state index contributed by atoms with van der Waals surface area (Å²) in [6.07, 6.45) is 3.76. The van der Waals surface area contributed by atoms with Crippen molar-refractivity contribution in [2.75, 3.05) is 24.6 Å². The van der Waals surface area contributed by atoms with Crippen molar-refractivity contribution in [1.82, 2.24) is 14.5 Å². The van der Waals surface area contributed by atoms with Crippen LogP contribution in [0.4, 0.5) is 5.82 Å². The van der Waals surface area contributed by atoms with Crippen molar-refractivity contribution in [1.29, 1.82) is 0 Å². The second-order valence-electron chi connectivity index (χ2n) is 6.63. The lowest BCUT2D eigenvalue weighted by Gasteiger charge is -2.21. The molecule has 0 spiro atoms. The van der Waals surface area contributed by atoms with Crippen LogP contribution in [0.15, 0.2) is 24.7 Å². The molecule has 0 bridgehead atoms. The van der Waals surface area contributed by atoms with E-state index < -0.39 is 0 Å². The number of aromatic nitrogens is 3. The van der Waals surface area contributed by atoms with Gasteiger partial charge in [-0.25, -0.2) is 9.97 Å². The van der Waals surface area contributed by atoms with Crippen molar-refractivity contribution in [3.05, 3.63) is 41.3 Å². The molecule has 0 saturated heterocycles. The summed E-state index contributed by atoms with van der Waals surface area (Å²) in [5, 5.41) is 9.36. The van der Waals surface area contributed by atoms with Crippen LogP contribution in [-0.4, -0.2) is 39.3 Å². The highest BCUT2D eigenvalue weighted by atomic mass is 16.3. The van der Waals surface area contributed by atoms with Crippen molar-refractivity contribution in [3.8, 4) is 11.1 Å². The molecule has 132 valence electrons. The van der Waals surface area contributed by atoms with E-state index in [1.807, 2.05) is 7.05 Å². The topological polar surface area (TPSA) is 54.2 Å². The molecule has 2 heterocycles. The third-order valence-corrected chi connectivity index (χ3v) is 4.73. The number of benzene rings is 1. The van der Waals surface area contributed by atoms with Crippen LogP contribution in [0.2, 0.25) is 0 Å². The van der Waals surface area contributed by atoms with E-state index in [0.717, 1.165) is 29.0 Å². The molecule has 5 heteroatoms. The number of aryl methyl sites for hydroxylation is 4. The van der Waals surface area contributed by atoms with Crippen molar-refractivity contribution in [2.45, 2.75) is 27.7 Å². The molecule has 1 N–H and O–H groups in total. The molecule has 0 atom stereocenters. The zero-order valence-electron chi connectivity index (χ0n) is 15.7. The van der Waals surface area contributed by atoms with Gasteiger partial charge in [0.05, 0.1) is 6.61 Å². The summed E-state index contributed by atoms with van der Waals surface area (Å²) in [6.45, 7) is 9.96. The first-order chi connectivity index (χ1) is 12.0. The summed E-state index contributed by atoms with van der Waals surface area (Å²) in [4.78, 5) is 11.2. The van der Waals surface area contributed by atoms with Gasteiger partial charge in [0.2, 0.25) is 0 Å². The Hall–Kier alpha value is -2.40. The fourth-order valence-electron chi connectivity index (χ4n) is 3.76.